The van der Waals surface area contributed by atoms with Crippen LogP contribution in [-0.4, -0.2) is 21.4 Å². The predicted octanol–water partition coefficient (Wildman–Crippen LogP) is 3.83. The van der Waals surface area contributed by atoms with Crippen LogP contribution in [0.25, 0.3) is 0 Å². The van der Waals surface area contributed by atoms with Gasteiger partial charge in [-0.25, -0.2) is 0 Å². The highest BCUT2D eigenvalue weighted by Gasteiger charge is 2.13. The number of para-hydroxylation sites is 1. The van der Waals surface area contributed by atoms with Crippen LogP contribution < -0.4 is 0 Å². The molecule has 0 saturated carbocycles. The highest BCUT2D eigenvalue weighted by molar-refractivity contribution is 9.10. The first kappa shape index (κ1) is 15.0. The van der Waals surface area contributed by atoms with Crippen molar-refractivity contribution < 1.29 is 15.1 Å². The van der Waals surface area contributed by atoms with E-state index < -0.39 is 4.92 Å². The molecule has 0 spiro atoms. The summed E-state index contributed by atoms with van der Waals surface area (Å²) in [4.78, 5) is 14.4. The number of hydrogen-bond acceptors (Lipinski definition) is 5. The van der Waals surface area contributed by atoms with Gasteiger partial charge in [-0.1, -0.05) is 12.1 Å². The number of nitrogens with zero attached hydrogens (tertiary/aromatic N) is 2. The molecule has 2 aromatic carbocycles. The van der Waals surface area contributed by atoms with Crippen LogP contribution in [-0.2, 0) is 0 Å². The predicted molar refractivity (Wildman–Crippen MR) is 82.6 cm³/mol. The third kappa shape index (κ3) is 3.19. The Morgan fingerprint density at radius 1 is 1.33 bits per heavy atom. The van der Waals surface area contributed by atoms with Gasteiger partial charge >= 0.3 is 0 Å². The Bertz CT molecular complexity index is 724. The molecular weight excluding hydrogens is 340 g/mol. The van der Waals surface area contributed by atoms with Gasteiger partial charge in [0.2, 0.25) is 0 Å². The number of nitro benzene ring substituents is 1. The van der Waals surface area contributed by atoms with Crippen LogP contribution in [0.2, 0.25) is 0 Å². The van der Waals surface area contributed by atoms with Gasteiger partial charge in [0.05, 0.1) is 9.40 Å². The lowest BCUT2D eigenvalue weighted by Gasteiger charge is -2.04. The average molecular weight is 351 g/mol. The van der Waals surface area contributed by atoms with Crippen molar-refractivity contribution in [3.63, 3.8) is 0 Å². The van der Waals surface area contributed by atoms with Crippen molar-refractivity contribution in [1.29, 1.82) is 0 Å². The van der Waals surface area contributed by atoms with Crippen molar-refractivity contribution in [2.45, 2.75) is 6.92 Å². The summed E-state index contributed by atoms with van der Waals surface area (Å²) in [6, 6.07) is 7.36. The molecule has 0 unspecified atom stereocenters. The molecule has 2 aromatic rings. The van der Waals surface area contributed by atoms with E-state index in [1.54, 1.807) is 19.1 Å². The summed E-state index contributed by atoms with van der Waals surface area (Å²) in [6.07, 6.45) is 1.27. The van der Waals surface area contributed by atoms with E-state index in [1.165, 1.54) is 24.4 Å². The third-order valence-corrected chi connectivity index (χ3v) is 3.44. The second kappa shape index (κ2) is 5.92. The molecule has 0 amide bonds. The van der Waals surface area contributed by atoms with Crippen molar-refractivity contribution in [3.8, 4) is 11.5 Å². The molecule has 6 nitrogen and oxygen atoms in total. The number of halogens is 1. The second-order valence-electron chi connectivity index (χ2n) is 4.32. The monoisotopic (exact) mass is 350 g/mol. The zero-order valence-corrected chi connectivity index (χ0v) is 12.5. The lowest BCUT2D eigenvalue weighted by molar-refractivity contribution is -0.385. The number of phenolic OH excluding ortho intramolecular Hbond substituents is 2. The van der Waals surface area contributed by atoms with Crippen LogP contribution in [0.3, 0.4) is 0 Å². The molecule has 0 saturated heterocycles. The van der Waals surface area contributed by atoms with Crippen LogP contribution in [0.1, 0.15) is 11.1 Å². The molecule has 0 fully saturated rings. The minimum absolute atomic E-state index is 0.00441. The fourth-order valence-electron chi connectivity index (χ4n) is 1.75. The maximum atomic E-state index is 10.8. The Labute approximate surface area is 128 Å². The van der Waals surface area contributed by atoms with Gasteiger partial charge in [-0.15, -0.1) is 0 Å². The summed E-state index contributed by atoms with van der Waals surface area (Å²) in [5, 5.41) is 30.5. The summed E-state index contributed by atoms with van der Waals surface area (Å²) in [7, 11) is 0. The van der Waals surface area contributed by atoms with Crippen molar-refractivity contribution in [2.75, 3.05) is 0 Å². The first-order valence-electron chi connectivity index (χ1n) is 5.89. The molecule has 108 valence electrons. The fraction of sp³-hybridized carbons (Fsp3) is 0.0714. The van der Waals surface area contributed by atoms with Gasteiger partial charge in [-0.2, -0.15) is 0 Å². The van der Waals surface area contributed by atoms with Crippen molar-refractivity contribution in [1.82, 2.24) is 0 Å². The average Bonchev–Trinajstić information content (AvgIpc) is 2.42. The number of non-ortho nitro benzene ring substituents is 1. The Morgan fingerprint density at radius 3 is 2.67 bits per heavy atom. The fourth-order valence-corrected chi connectivity index (χ4v) is 2.22. The van der Waals surface area contributed by atoms with Gasteiger partial charge in [0.25, 0.3) is 5.69 Å². The number of hydrogen-bond donors (Lipinski definition) is 2. The van der Waals surface area contributed by atoms with Gasteiger partial charge < -0.3 is 10.2 Å². The zero-order valence-electron chi connectivity index (χ0n) is 10.9. The van der Waals surface area contributed by atoms with Gasteiger partial charge in [0.1, 0.15) is 17.2 Å². The van der Waals surface area contributed by atoms with Crippen molar-refractivity contribution in [2.24, 2.45) is 4.99 Å². The lowest BCUT2D eigenvalue weighted by atomic mass is 10.1. The molecule has 0 aliphatic rings. The molecule has 7 heteroatoms. The summed E-state index contributed by atoms with van der Waals surface area (Å²) in [5.74, 6) is -0.160. The molecule has 0 aliphatic carbocycles. The van der Waals surface area contributed by atoms with Gasteiger partial charge in [0, 0.05) is 23.9 Å². The van der Waals surface area contributed by atoms with E-state index >= 15 is 0 Å². The van der Waals surface area contributed by atoms with E-state index in [1.807, 2.05) is 0 Å². The van der Waals surface area contributed by atoms with Crippen molar-refractivity contribution in [3.05, 3.63) is 56.0 Å². The van der Waals surface area contributed by atoms with E-state index in [9.17, 15) is 20.3 Å². The number of nitro groups is 1. The standard InChI is InChI=1S/C14H11BrN2O4/c1-8-3-2-4-12(18)13(8)16-7-9-5-10(17(20)21)6-11(15)14(9)19/h2-7,18-19H,1H3. The Morgan fingerprint density at radius 2 is 2.05 bits per heavy atom. The SMILES string of the molecule is Cc1cccc(O)c1N=Cc1cc([N+](=O)[O-])cc(Br)c1O. The molecular formula is C14H11BrN2O4. The largest absolute Gasteiger partial charge is 0.506 e. The second-order valence-corrected chi connectivity index (χ2v) is 5.18. The topological polar surface area (TPSA) is 96.0 Å². The first-order valence-corrected chi connectivity index (χ1v) is 6.69. The molecule has 0 heterocycles. The summed E-state index contributed by atoms with van der Waals surface area (Å²) < 4.78 is 0.201. The molecule has 0 bridgehead atoms. The van der Waals surface area contributed by atoms with E-state index in [-0.39, 0.29) is 27.2 Å². The number of aromatic hydroxyl groups is 2. The smallest absolute Gasteiger partial charge is 0.271 e. The highest BCUT2D eigenvalue weighted by Crippen LogP contribution is 2.33. The highest BCUT2D eigenvalue weighted by atomic mass is 79.9. The van der Waals surface area contributed by atoms with Gasteiger partial charge in [-0.05, 0) is 34.5 Å². The Kier molecular flexibility index (Phi) is 4.23. The molecule has 0 radical (unpaired) electrons. The van der Waals surface area contributed by atoms with Crippen molar-refractivity contribution >= 4 is 33.5 Å². The molecule has 0 aliphatic heterocycles. The minimum atomic E-state index is -0.563. The first-order chi connectivity index (χ1) is 9.90. The molecule has 0 aromatic heterocycles. The van der Waals surface area contributed by atoms with E-state index in [4.69, 9.17) is 0 Å². The normalized spacial score (nSPS) is 11.0. The van der Waals surface area contributed by atoms with Gasteiger partial charge in [-0.3, -0.25) is 15.1 Å². The summed E-state index contributed by atoms with van der Waals surface area (Å²) in [5.41, 5.74) is 1.10. The lowest BCUT2D eigenvalue weighted by Crippen LogP contribution is -1.92. The van der Waals surface area contributed by atoms with E-state index in [2.05, 4.69) is 20.9 Å². The number of rotatable bonds is 3. The van der Waals surface area contributed by atoms with Crippen LogP contribution in [0.4, 0.5) is 11.4 Å². The maximum absolute atomic E-state index is 10.8. The Balaban J connectivity index is 2.48. The quantitative estimate of drug-likeness (QED) is 0.499. The molecule has 2 N–H and O–H groups in total. The van der Waals surface area contributed by atoms with E-state index in [0.717, 1.165) is 5.56 Å². The Hall–Kier alpha value is -2.41. The van der Waals surface area contributed by atoms with Crippen LogP contribution in [0.5, 0.6) is 11.5 Å². The summed E-state index contributed by atoms with van der Waals surface area (Å²) in [6.45, 7) is 1.77. The number of benzene rings is 2. The van der Waals surface area contributed by atoms with E-state index in [0.29, 0.717) is 5.69 Å². The van der Waals surface area contributed by atoms with Crippen LogP contribution in [0.15, 0.2) is 39.8 Å². The van der Waals surface area contributed by atoms with Crippen LogP contribution >= 0.6 is 15.9 Å². The number of aliphatic imine (C=N–C) groups is 1. The summed E-state index contributed by atoms with van der Waals surface area (Å²) >= 11 is 3.05. The van der Waals surface area contributed by atoms with Crippen LogP contribution in [0, 0.1) is 17.0 Å². The zero-order chi connectivity index (χ0) is 15.6. The number of phenols is 2. The molecule has 0 atom stereocenters. The number of aryl methyl sites for hydroxylation is 1. The van der Waals surface area contributed by atoms with Gasteiger partial charge in [0.15, 0.2) is 0 Å². The molecule has 21 heavy (non-hydrogen) atoms. The third-order valence-electron chi connectivity index (χ3n) is 2.84. The molecule has 2 rings (SSSR count). The maximum Gasteiger partial charge on any atom is 0.271 e. The minimum Gasteiger partial charge on any atom is -0.506 e.